The van der Waals surface area contributed by atoms with E-state index in [0.29, 0.717) is 5.92 Å². The van der Waals surface area contributed by atoms with Crippen molar-refractivity contribution in [3.8, 4) is 0 Å². The van der Waals surface area contributed by atoms with E-state index in [4.69, 9.17) is 9.97 Å². The van der Waals surface area contributed by atoms with Gasteiger partial charge in [-0.05, 0) is 39.2 Å². The molecule has 0 aliphatic heterocycles. The Hall–Kier alpha value is -1.90. The number of hydrogen-bond donors (Lipinski definition) is 1. The van der Waals surface area contributed by atoms with Crippen molar-refractivity contribution in [2.75, 3.05) is 11.9 Å². The molecule has 2 aromatic rings. The molecule has 0 unspecified atom stereocenters. The van der Waals surface area contributed by atoms with Crippen LogP contribution in [0.1, 0.15) is 56.6 Å². The molecule has 0 atom stereocenters. The van der Waals surface area contributed by atoms with Crippen LogP contribution in [-0.2, 0) is 5.41 Å². The second kappa shape index (κ2) is 5.47. The molecule has 0 radical (unpaired) electrons. The van der Waals surface area contributed by atoms with E-state index < -0.39 is 0 Å². The lowest BCUT2D eigenvalue weighted by Crippen LogP contribution is -2.23. The predicted octanol–water partition coefficient (Wildman–Crippen LogP) is 4.11. The zero-order valence-electron chi connectivity index (χ0n) is 13.1. The molecule has 3 nitrogen and oxygen atoms in total. The first-order valence-corrected chi connectivity index (χ1v) is 7.80. The van der Waals surface area contributed by atoms with Crippen LogP contribution in [0.3, 0.4) is 0 Å². The molecular weight excluding hydrogens is 258 g/mol. The standard InChI is InChI=1S/C18H23N3/c1-4-19-16-12-15(13-10-11-13)20-17(21-16)18(2,3)14-8-6-5-7-9-14/h5-9,12-13H,4,10-11H2,1-3H3,(H,19,20,21). The van der Waals surface area contributed by atoms with Crippen molar-refractivity contribution in [3.05, 3.63) is 53.5 Å². The van der Waals surface area contributed by atoms with Crippen molar-refractivity contribution in [2.24, 2.45) is 0 Å². The molecule has 1 saturated carbocycles. The summed E-state index contributed by atoms with van der Waals surface area (Å²) >= 11 is 0. The molecule has 3 heteroatoms. The third-order valence-corrected chi connectivity index (χ3v) is 4.15. The third kappa shape index (κ3) is 2.92. The number of rotatable bonds is 5. The average Bonchev–Trinajstić information content (AvgIpc) is 3.33. The van der Waals surface area contributed by atoms with E-state index >= 15 is 0 Å². The first-order chi connectivity index (χ1) is 10.1. The van der Waals surface area contributed by atoms with Crippen LogP contribution in [0.25, 0.3) is 0 Å². The minimum absolute atomic E-state index is 0.184. The Balaban J connectivity index is 2.03. The highest BCUT2D eigenvalue weighted by atomic mass is 15.0. The van der Waals surface area contributed by atoms with Gasteiger partial charge in [-0.2, -0.15) is 0 Å². The molecule has 0 bridgehead atoms. The van der Waals surface area contributed by atoms with Gasteiger partial charge in [0.05, 0.1) is 0 Å². The molecule has 1 N–H and O–H groups in total. The second-order valence-corrected chi connectivity index (χ2v) is 6.30. The van der Waals surface area contributed by atoms with Gasteiger partial charge < -0.3 is 5.32 Å². The summed E-state index contributed by atoms with van der Waals surface area (Å²) in [4.78, 5) is 9.63. The van der Waals surface area contributed by atoms with Crippen molar-refractivity contribution in [1.82, 2.24) is 9.97 Å². The third-order valence-electron chi connectivity index (χ3n) is 4.15. The minimum atomic E-state index is -0.184. The number of hydrogen-bond acceptors (Lipinski definition) is 3. The first-order valence-electron chi connectivity index (χ1n) is 7.80. The Morgan fingerprint density at radius 1 is 1.14 bits per heavy atom. The molecule has 1 aromatic heterocycles. The van der Waals surface area contributed by atoms with Gasteiger partial charge in [0, 0.05) is 29.6 Å². The molecule has 1 aliphatic carbocycles. The fourth-order valence-electron chi connectivity index (χ4n) is 2.59. The predicted molar refractivity (Wildman–Crippen MR) is 86.7 cm³/mol. The SMILES string of the molecule is CCNc1cc(C2CC2)nc(C(C)(C)c2ccccc2)n1. The maximum absolute atomic E-state index is 4.87. The molecule has 1 heterocycles. The van der Waals surface area contributed by atoms with Gasteiger partial charge in [-0.15, -0.1) is 0 Å². The van der Waals surface area contributed by atoms with E-state index in [-0.39, 0.29) is 5.41 Å². The van der Waals surface area contributed by atoms with Crippen molar-refractivity contribution in [1.29, 1.82) is 0 Å². The van der Waals surface area contributed by atoms with E-state index in [0.717, 1.165) is 18.2 Å². The van der Waals surface area contributed by atoms with Crippen molar-refractivity contribution >= 4 is 5.82 Å². The van der Waals surface area contributed by atoms with Crippen molar-refractivity contribution < 1.29 is 0 Å². The first kappa shape index (κ1) is 14.1. The molecule has 0 spiro atoms. The molecular formula is C18H23N3. The lowest BCUT2D eigenvalue weighted by Gasteiger charge is -2.25. The van der Waals surface area contributed by atoms with E-state index in [9.17, 15) is 0 Å². The van der Waals surface area contributed by atoms with Gasteiger partial charge in [0.25, 0.3) is 0 Å². The zero-order valence-corrected chi connectivity index (χ0v) is 13.1. The summed E-state index contributed by atoms with van der Waals surface area (Å²) in [5.41, 5.74) is 2.26. The maximum Gasteiger partial charge on any atom is 0.140 e. The highest BCUT2D eigenvalue weighted by molar-refractivity contribution is 5.41. The van der Waals surface area contributed by atoms with Gasteiger partial charge >= 0.3 is 0 Å². The van der Waals surface area contributed by atoms with Crippen LogP contribution >= 0.6 is 0 Å². The smallest absolute Gasteiger partial charge is 0.140 e. The molecule has 1 aliphatic rings. The fourth-order valence-corrected chi connectivity index (χ4v) is 2.59. The summed E-state index contributed by atoms with van der Waals surface area (Å²) < 4.78 is 0. The number of nitrogens with zero attached hydrogens (tertiary/aromatic N) is 2. The molecule has 21 heavy (non-hydrogen) atoms. The molecule has 1 aromatic carbocycles. The Morgan fingerprint density at radius 2 is 1.86 bits per heavy atom. The Morgan fingerprint density at radius 3 is 2.48 bits per heavy atom. The average molecular weight is 281 g/mol. The topological polar surface area (TPSA) is 37.8 Å². The summed E-state index contributed by atoms with van der Waals surface area (Å²) in [6.45, 7) is 7.38. The van der Waals surface area contributed by atoms with Gasteiger partial charge in [-0.3, -0.25) is 0 Å². The largest absolute Gasteiger partial charge is 0.370 e. The van der Waals surface area contributed by atoms with Crippen LogP contribution in [0.15, 0.2) is 36.4 Å². The van der Waals surface area contributed by atoms with Crippen LogP contribution < -0.4 is 5.32 Å². The van der Waals surface area contributed by atoms with Crippen LogP contribution in [-0.4, -0.2) is 16.5 Å². The fraction of sp³-hybridized carbons (Fsp3) is 0.444. The van der Waals surface area contributed by atoms with E-state index in [1.807, 2.05) is 6.07 Å². The van der Waals surface area contributed by atoms with Gasteiger partial charge in [-0.1, -0.05) is 30.3 Å². The monoisotopic (exact) mass is 281 g/mol. The Labute approximate surface area is 126 Å². The van der Waals surface area contributed by atoms with Crippen molar-refractivity contribution in [3.63, 3.8) is 0 Å². The molecule has 1 fully saturated rings. The summed E-state index contributed by atoms with van der Waals surface area (Å²) in [5.74, 6) is 2.50. The normalized spacial score (nSPS) is 15.0. The Bertz CT molecular complexity index is 616. The highest BCUT2D eigenvalue weighted by Crippen LogP contribution is 2.40. The van der Waals surface area contributed by atoms with Gasteiger partial charge in [-0.25, -0.2) is 9.97 Å². The van der Waals surface area contributed by atoms with Crippen LogP contribution in [0, 0.1) is 0 Å². The Kier molecular flexibility index (Phi) is 3.66. The molecule has 0 saturated heterocycles. The summed E-state index contributed by atoms with van der Waals surface area (Å²) in [6.07, 6.45) is 2.52. The van der Waals surface area contributed by atoms with E-state index in [1.165, 1.54) is 24.1 Å². The summed E-state index contributed by atoms with van der Waals surface area (Å²) in [6, 6.07) is 12.6. The molecule has 110 valence electrons. The number of anilines is 1. The van der Waals surface area contributed by atoms with E-state index in [2.05, 4.69) is 56.4 Å². The number of aromatic nitrogens is 2. The van der Waals surface area contributed by atoms with Gasteiger partial charge in [0.15, 0.2) is 0 Å². The zero-order chi connectivity index (χ0) is 14.9. The number of nitrogens with one attached hydrogen (secondary N) is 1. The number of benzene rings is 1. The lowest BCUT2D eigenvalue weighted by atomic mass is 9.83. The maximum atomic E-state index is 4.87. The van der Waals surface area contributed by atoms with Gasteiger partial charge in [0.1, 0.15) is 11.6 Å². The van der Waals surface area contributed by atoms with Crippen molar-refractivity contribution in [2.45, 2.75) is 44.9 Å². The lowest BCUT2D eigenvalue weighted by molar-refractivity contribution is 0.586. The summed E-state index contributed by atoms with van der Waals surface area (Å²) in [7, 11) is 0. The quantitative estimate of drug-likeness (QED) is 0.896. The molecule has 0 amide bonds. The molecule has 3 rings (SSSR count). The van der Waals surface area contributed by atoms with Gasteiger partial charge in [0.2, 0.25) is 0 Å². The van der Waals surface area contributed by atoms with E-state index in [1.54, 1.807) is 0 Å². The summed E-state index contributed by atoms with van der Waals surface area (Å²) in [5, 5.41) is 3.34. The van der Waals surface area contributed by atoms with Crippen LogP contribution in [0.4, 0.5) is 5.82 Å². The second-order valence-electron chi connectivity index (χ2n) is 6.30. The minimum Gasteiger partial charge on any atom is -0.370 e. The van der Waals surface area contributed by atoms with Crippen LogP contribution in [0.2, 0.25) is 0 Å². The highest BCUT2D eigenvalue weighted by Gasteiger charge is 2.31. The van der Waals surface area contributed by atoms with Crippen LogP contribution in [0.5, 0.6) is 0 Å².